The van der Waals surface area contributed by atoms with Crippen LogP contribution in [-0.4, -0.2) is 43.8 Å². The summed E-state index contributed by atoms with van der Waals surface area (Å²) in [6.45, 7) is 2.03. The van der Waals surface area contributed by atoms with Gasteiger partial charge in [-0.15, -0.1) is 0 Å². The molecule has 1 aliphatic rings. The van der Waals surface area contributed by atoms with Crippen molar-refractivity contribution in [3.63, 3.8) is 0 Å². The highest BCUT2D eigenvalue weighted by molar-refractivity contribution is 6.01. The maximum absolute atomic E-state index is 11.9. The van der Waals surface area contributed by atoms with Crippen LogP contribution in [0, 0.1) is 0 Å². The van der Waals surface area contributed by atoms with Gasteiger partial charge < -0.3 is 19.5 Å². The van der Waals surface area contributed by atoms with Crippen LogP contribution in [0.15, 0.2) is 24.3 Å². The SMILES string of the molecule is CCOC(=O)c1ccccc1NC(=O)COC(=O)[C@H]1CCCO1. The summed E-state index contributed by atoms with van der Waals surface area (Å²) in [5.41, 5.74) is 0.553. The molecule has 1 aromatic rings. The fraction of sp³-hybridized carbons (Fsp3) is 0.438. The molecule has 0 bridgehead atoms. The van der Waals surface area contributed by atoms with E-state index in [4.69, 9.17) is 14.2 Å². The Kier molecular flexibility index (Phi) is 6.10. The van der Waals surface area contributed by atoms with Crippen molar-refractivity contribution in [2.24, 2.45) is 0 Å². The Balaban J connectivity index is 1.90. The molecule has 124 valence electrons. The molecule has 0 saturated carbocycles. The van der Waals surface area contributed by atoms with E-state index in [9.17, 15) is 14.4 Å². The number of benzene rings is 1. The molecule has 0 radical (unpaired) electrons. The van der Waals surface area contributed by atoms with Crippen LogP contribution in [0.2, 0.25) is 0 Å². The molecule has 0 aliphatic carbocycles. The first-order valence-corrected chi connectivity index (χ1v) is 7.46. The van der Waals surface area contributed by atoms with E-state index < -0.39 is 30.6 Å². The van der Waals surface area contributed by atoms with Gasteiger partial charge in [0.25, 0.3) is 5.91 Å². The highest BCUT2D eigenvalue weighted by Crippen LogP contribution is 2.16. The monoisotopic (exact) mass is 321 g/mol. The number of ether oxygens (including phenoxy) is 3. The lowest BCUT2D eigenvalue weighted by atomic mass is 10.2. The zero-order chi connectivity index (χ0) is 16.7. The van der Waals surface area contributed by atoms with Crippen LogP contribution in [0.3, 0.4) is 0 Å². The number of esters is 2. The van der Waals surface area contributed by atoms with Gasteiger partial charge in [0, 0.05) is 6.61 Å². The highest BCUT2D eigenvalue weighted by Gasteiger charge is 2.25. The summed E-state index contributed by atoms with van der Waals surface area (Å²) in [4.78, 5) is 35.4. The van der Waals surface area contributed by atoms with Gasteiger partial charge in [-0.05, 0) is 31.9 Å². The van der Waals surface area contributed by atoms with Crippen molar-refractivity contribution >= 4 is 23.5 Å². The molecule has 23 heavy (non-hydrogen) atoms. The smallest absolute Gasteiger partial charge is 0.340 e. The van der Waals surface area contributed by atoms with Gasteiger partial charge in [-0.1, -0.05) is 12.1 Å². The second kappa shape index (κ2) is 8.28. The molecule has 1 aliphatic heterocycles. The Morgan fingerprint density at radius 1 is 1.26 bits per heavy atom. The maximum Gasteiger partial charge on any atom is 0.340 e. The van der Waals surface area contributed by atoms with Crippen LogP contribution in [0.1, 0.15) is 30.1 Å². The van der Waals surface area contributed by atoms with Crippen molar-refractivity contribution in [1.82, 2.24) is 0 Å². The Labute approximate surface area is 133 Å². The van der Waals surface area contributed by atoms with Crippen molar-refractivity contribution in [2.45, 2.75) is 25.9 Å². The van der Waals surface area contributed by atoms with Crippen LogP contribution >= 0.6 is 0 Å². The molecule has 0 unspecified atom stereocenters. The Morgan fingerprint density at radius 3 is 2.74 bits per heavy atom. The maximum atomic E-state index is 11.9. The summed E-state index contributed by atoms with van der Waals surface area (Å²) >= 11 is 0. The van der Waals surface area contributed by atoms with E-state index in [1.165, 1.54) is 0 Å². The number of carbonyl (C=O) groups excluding carboxylic acids is 3. The van der Waals surface area contributed by atoms with Gasteiger partial charge in [0.15, 0.2) is 12.7 Å². The molecule has 7 nitrogen and oxygen atoms in total. The largest absolute Gasteiger partial charge is 0.462 e. The Bertz CT molecular complexity index is 580. The Morgan fingerprint density at radius 2 is 2.04 bits per heavy atom. The van der Waals surface area contributed by atoms with Crippen molar-refractivity contribution in [3.8, 4) is 0 Å². The molecular formula is C16H19NO6. The average Bonchev–Trinajstić information content (AvgIpc) is 3.08. The minimum atomic E-state index is -0.588. The molecule has 1 N–H and O–H groups in total. The molecule has 1 saturated heterocycles. The van der Waals surface area contributed by atoms with Gasteiger partial charge in [0.1, 0.15) is 0 Å². The predicted molar refractivity (Wildman–Crippen MR) is 81.0 cm³/mol. The van der Waals surface area contributed by atoms with Crippen LogP contribution < -0.4 is 5.32 Å². The first-order valence-electron chi connectivity index (χ1n) is 7.46. The Hall–Kier alpha value is -2.41. The topological polar surface area (TPSA) is 90.9 Å². The fourth-order valence-electron chi connectivity index (χ4n) is 2.16. The van der Waals surface area contributed by atoms with E-state index in [0.717, 1.165) is 6.42 Å². The second-order valence-corrected chi connectivity index (χ2v) is 4.92. The minimum absolute atomic E-state index is 0.236. The molecule has 1 fully saturated rings. The summed E-state index contributed by atoms with van der Waals surface area (Å²) in [5, 5.41) is 2.54. The summed E-state index contributed by atoms with van der Waals surface area (Å²) < 4.78 is 15.0. The molecule has 0 spiro atoms. The minimum Gasteiger partial charge on any atom is -0.462 e. The number of amides is 1. The van der Waals surface area contributed by atoms with Gasteiger partial charge >= 0.3 is 11.9 Å². The summed E-state index contributed by atoms with van der Waals surface area (Å²) in [6.07, 6.45) is 0.819. The molecule has 2 rings (SSSR count). The average molecular weight is 321 g/mol. The number of para-hydroxylation sites is 1. The highest BCUT2D eigenvalue weighted by atomic mass is 16.6. The number of hydrogen-bond acceptors (Lipinski definition) is 6. The van der Waals surface area contributed by atoms with Crippen molar-refractivity contribution in [2.75, 3.05) is 25.1 Å². The lowest BCUT2D eigenvalue weighted by Crippen LogP contribution is -2.27. The number of rotatable bonds is 6. The van der Waals surface area contributed by atoms with E-state index in [2.05, 4.69) is 5.32 Å². The summed E-state index contributed by atoms with van der Waals surface area (Å²) in [7, 11) is 0. The fourth-order valence-corrected chi connectivity index (χ4v) is 2.16. The van der Waals surface area contributed by atoms with Gasteiger partial charge in [-0.2, -0.15) is 0 Å². The first kappa shape index (κ1) is 17.0. The number of carbonyl (C=O) groups is 3. The molecule has 0 aromatic heterocycles. The lowest BCUT2D eigenvalue weighted by Gasteiger charge is -2.12. The van der Waals surface area contributed by atoms with Crippen molar-refractivity contribution in [1.29, 1.82) is 0 Å². The second-order valence-electron chi connectivity index (χ2n) is 4.92. The molecule has 1 aromatic carbocycles. The molecule has 1 amide bonds. The first-order chi connectivity index (χ1) is 11.1. The van der Waals surface area contributed by atoms with Gasteiger partial charge in [-0.25, -0.2) is 9.59 Å². The molecular weight excluding hydrogens is 302 g/mol. The zero-order valence-electron chi connectivity index (χ0n) is 12.9. The van der Waals surface area contributed by atoms with Crippen molar-refractivity contribution < 1.29 is 28.6 Å². The van der Waals surface area contributed by atoms with Gasteiger partial charge in [0.2, 0.25) is 0 Å². The van der Waals surface area contributed by atoms with E-state index in [-0.39, 0.29) is 12.2 Å². The summed E-state index contributed by atoms with van der Waals surface area (Å²) in [6, 6.07) is 6.47. The predicted octanol–water partition coefficient (Wildman–Crippen LogP) is 1.52. The van der Waals surface area contributed by atoms with Gasteiger partial charge in [0.05, 0.1) is 17.9 Å². The van der Waals surface area contributed by atoms with Crippen LogP contribution in [-0.2, 0) is 23.8 Å². The van der Waals surface area contributed by atoms with E-state index in [0.29, 0.717) is 18.7 Å². The third-order valence-corrected chi connectivity index (χ3v) is 3.23. The third kappa shape index (κ3) is 4.79. The molecule has 7 heteroatoms. The number of hydrogen-bond donors (Lipinski definition) is 1. The van der Waals surface area contributed by atoms with Crippen LogP contribution in [0.4, 0.5) is 5.69 Å². The number of nitrogens with one attached hydrogen (secondary N) is 1. The zero-order valence-corrected chi connectivity index (χ0v) is 12.9. The standard InChI is InChI=1S/C16H19NO6/c1-2-21-15(19)11-6-3-4-7-12(11)17-14(18)10-23-16(20)13-8-5-9-22-13/h3-4,6-7,13H,2,5,8-10H2,1H3,(H,17,18)/t13-/m1/s1. The van der Waals surface area contributed by atoms with Crippen molar-refractivity contribution in [3.05, 3.63) is 29.8 Å². The number of anilines is 1. The molecule has 1 heterocycles. The third-order valence-electron chi connectivity index (χ3n) is 3.23. The van der Waals surface area contributed by atoms with E-state index in [1.54, 1.807) is 31.2 Å². The normalized spacial score (nSPS) is 16.7. The van der Waals surface area contributed by atoms with E-state index in [1.807, 2.05) is 0 Å². The van der Waals surface area contributed by atoms with E-state index >= 15 is 0 Å². The van der Waals surface area contributed by atoms with Crippen LogP contribution in [0.5, 0.6) is 0 Å². The molecule has 1 atom stereocenters. The van der Waals surface area contributed by atoms with Crippen LogP contribution in [0.25, 0.3) is 0 Å². The summed E-state index contributed by atoms with van der Waals surface area (Å²) in [5.74, 6) is -1.61. The quantitative estimate of drug-likeness (QED) is 0.799. The van der Waals surface area contributed by atoms with Gasteiger partial charge in [-0.3, -0.25) is 4.79 Å². The lowest BCUT2D eigenvalue weighted by molar-refractivity contribution is -0.156.